The molecule has 0 unspecified atom stereocenters. The fraction of sp³-hybridized carbons (Fsp3) is 0.474. The molecule has 0 saturated carbocycles. The predicted octanol–water partition coefficient (Wildman–Crippen LogP) is 2.56. The largest absolute Gasteiger partial charge is 0.343 e. The van der Waals surface area contributed by atoms with E-state index in [9.17, 15) is 9.59 Å². The van der Waals surface area contributed by atoms with E-state index in [4.69, 9.17) is 0 Å². The maximum atomic E-state index is 12.8. The standard InChI is InChI=1S/C19H23N5O2S/c1-2-10-23-17(26)14-7-3-4-8-15(14)24-18(23)20-21-19(24)27-13-6-12-22-11-5-9-16(22)25/h3-4,7-8H,2,5-6,9-13H2,1H3. The number of thioether (sulfide) groups is 1. The molecule has 0 bridgehead atoms. The average Bonchev–Trinajstić information content (AvgIpc) is 3.29. The second-order valence-electron chi connectivity index (χ2n) is 6.78. The number of carbonyl (C=O) groups is 1. The molecule has 142 valence electrons. The van der Waals surface area contributed by atoms with E-state index < -0.39 is 0 Å². The van der Waals surface area contributed by atoms with Crippen LogP contribution in [0.2, 0.25) is 0 Å². The van der Waals surface area contributed by atoms with Crippen LogP contribution in [0.15, 0.2) is 34.2 Å². The molecule has 1 aromatic carbocycles. The molecule has 1 fully saturated rings. The van der Waals surface area contributed by atoms with Gasteiger partial charge in [-0.25, -0.2) is 0 Å². The van der Waals surface area contributed by atoms with Gasteiger partial charge in [-0.1, -0.05) is 30.8 Å². The van der Waals surface area contributed by atoms with Crippen LogP contribution in [0.1, 0.15) is 32.6 Å². The van der Waals surface area contributed by atoms with Crippen molar-refractivity contribution in [3.63, 3.8) is 0 Å². The number of carbonyl (C=O) groups excluding carboxylic acids is 1. The van der Waals surface area contributed by atoms with Crippen LogP contribution >= 0.6 is 11.8 Å². The van der Waals surface area contributed by atoms with Crippen LogP contribution < -0.4 is 5.56 Å². The number of benzene rings is 1. The first-order valence-electron chi connectivity index (χ1n) is 9.48. The van der Waals surface area contributed by atoms with E-state index in [1.807, 2.05) is 40.5 Å². The number of likely N-dealkylation sites (tertiary alicyclic amines) is 1. The Hall–Kier alpha value is -2.35. The zero-order chi connectivity index (χ0) is 18.8. The second kappa shape index (κ2) is 7.72. The van der Waals surface area contributed by atoms with Gasteiger partial charge in [-0.2, -0.15) is 0 Å². The summed E-state index contributed by atoms with van der Waals surface area (Å²) in [6, 6.07) is 7.61. The molecule has 27 heavy (non-hydrogen) atoms. The minimum atomic E-state index is -0.0172. The molecule has 8 heteroatoms. The first-order valence-corrected chi connectivity index (χ1v) is 10.5. The lowest BCUT2D eigenvalue weighted by Crippen LogP contribution is -2.25. The molecule has 0 spiro atoms. The Balaban J connectivity index is 1.62. The molecule has 0 radical (unpaired) electrons. The van der Waals surface area contributed by atoms with E-state index in [0.29, 0.717) is 24.1 Å². The maximum Gasteiger partial charge on any atom is 0.262 e. The Kier molecular flexibility index (Phi) is 5.15. The number of aryl methyl sites for hydroxylation is 1. The van der Waals surface area contributed by atoms with Crippen LogP contribution in [0, 0.1) is 0 Å². The van der Waals surface area contributed by atoms with Crippen molar-refractivity contribution in [2.24, 2.45) is 0 Å². The molecule has 7 nitrogen and oxygen atoms in total. The Labute approximate surface area is 161 Å². The number of rotatable bonds is 7. The van der Waals surface area contributed by atoms with Gasteiger partial charge in [0.05, 0.1) is 10.9 Å². The zero-order valence-corrected chi connectivity index (χ0v) is 16.2. The van der Waals surface area contributed by atoms with Crippen LogP contribution in [0.5, 0.6) is 0 Å². The highest BCUT2D eigenvalue weighted by Gasteiger charge is 2.20. The maximum absolute atomic E-state index is 12.8. The van der Waals surface area contributed by atoms with E-state index in [1.165, 1.54) is 0 Å². The van der Waals surface area contributed by atoms with Crippen molar-refractivity contribution in [2.75, 3.05) is 18.8 Å². The molecule has 1 amide bonds. The Morgan fingerprint density at radius 2 is 2.00 bits per heavy atom. The highest BCUT2D eigenvalue weighted by molar-refractivity contribution is 7.99. The number of fused-ring (bicyclic) bond motifs is 3. The zero-order valence-electron chi connectivity index (χ0n) is 15.4. The molecule has 1 aliphatic heterocycles. The smallest absolute Gasteiger partial charge is 0.262 e. The molecule has 0 N–H and O–H groups in total. The molecule has 3 heterocycles. The summed E-state index contributed by atoms with van der Waals surface area (Å²) in [5.74, 6) is 1.71. The number of hydrogen-bond acceptors (Lipinski definition) is 5. The van der Waals surface area contributed by atoms with Crippen molar-refractivity contribution in [1.29, 1.82) is 0 Å². The van der Waals surface area contributed by atoms with E-state index in [2.05, 4.69) is 10.2 Å². The molecule has 3 aromatic rings. The summed E-state index contributed by atoms with van der Waals surface area (Å²) in [7, 11) is 0. The minimum absolute atomic E-state index is 0.0172. The summed E-state index contributed by atoms with van der Waals surface area (Å²) < 4.78 is 3.69. The van der Waals surface area contributed by atoms with E-state index in [-0.39, 0.29) is 11.5 Å². The lowest BCUT2D eigenvalue weighted by atomic mass is 10.2. The normalized spacial score (nSPS) is 14.7. The summed E-state index contributed by atoms with van der Waals surface area (Å²) >= 11 is 1.62. The van der Waals surface area contributed by atoms with Crippen molar-refractivity contribution in [3.05, 3.63) is 34.6 Å². The Bertz CT molecular complexity index is 1040. The van der Waals surface area contributed by atoms with Gasteiger partial charge in [-0.05, 0) is 31.4 Å². The topological polar surface area (TPSA) is 72.5 Å². The molecule has 0 aliphatic carbocycles. The van der Waals surface area contributed by atoms with Crippen LogP contribution in [0.3, 0.4) is 0 Å². The van der Waals surface area contributed by atoms with Crippen molar-refractivity contribution in [1.82, 2.24) is 24.1 Å². The number of aromatic nitrogens is 4. The number of nitrogens with zero attached hydrogens (tertiary/aromatic N) is 5. The lowest BCUT2D eigenvalue weighted by Gasteiger charge is -2.14. The SMILES string of the molecule is CCCn1c(=O)c2ccccc2n2c(SCCCN3CCCC3=O)nnc12. The number of para-hydroxylation sites is 1. The van der Waals surface area contributed by atoms with E-state index >= 15 is 0 Å². The van der Waals surface area contributed by atoms with Gasteiger partial charge in [0.2, 0.25) is 11.7 Å². The monoisotopic (exact) mass is 385 g/mol. The third kappa shape index (κ3) is 3.34. The summed E-state index contributed by atoms with van der Waals surface area (Å²) in [6.45, 7) is 4.34. The molecule has 4 rings (SSSR count). The molecule has 2 aromatic heterocycles. The van der Waals surface area contributed by atoms with Crippen LogP contribution in [0.4, 0.5) is 0 Å². The van der Waals surface area contributed by atoms with Crippen LogP contribution in [0.25, 0.3) is 16.7 Å². The highest BCUT2D eigenvalue weighted by Crippen LogP contribution is 2.22. The summed E-state index contributed by atoms with van der Waals surface area (Å²) in [6.07, 6.45) is 3.43. The second-order valence-corrected chi connectivity index (χ2v) is 7.84. The average molecular weight is 385 g/mol. The Morgan fingerprint density at radius 3 is 2.78 bits per heavy atom. The van der Waals surface area contributed by atoms with Crippen molar-refractivity contribution in [2.45, 2.75) is 44.3 Å². The van der Waals surface area contributed by atoms with Gasteiger partial charge in [-0.15, -0.1) is 10.2 Å². The van der Waals surface area contributed by atoms with Gasteiger partial charge < -0.3 is 4.90 Å². The Morgan fingerprint density at radius 1 is 1.15 bits per heavy atom. The van der Waals surface area contributed by atoms with Crippen molar-refractivity contribution in [3.8, 4) is 0 Å². The lowest BCUT2D eigenvalue weighted by molar-refractivity contribution is -0.127. The van der Waals surface area contributed by atoms with Gasteiger partial charge in [0.15, 0.2) is 5.16 Å². The van der Waals surface area contributed by atoms with Gasteiger partial charge >= 0.3 is 0 Å². The minimum Gasteiger partial charge on any atom is -0.343 e. The fourth-order valence-corrected chi connectivity index (χ4v) is 4.48. The first kappa shape index (κ1) is 18.0. The highest BCUT2D eigenvalue weighted by atomic mass is 32.2. The van der Waals surface area contributed by atoms with Gasteiger partial charge in [0.25, 0.3) is 5.56 Å². The molecule has 0 atom stereocenters. The molecular weight excluding hydrogens is 362 g/mol. The van der Waals surface area contributed by atoms with Crippen molar-refractivity contribution >= 4 is 34.3 Å². The third-order valence-corrected chi connectivity index (χ3v) is 5.92. The summed E-state index contributed by atoms with van der Waals surface area (Å²) in [5.41, 5.74) is 0.823. The van der Waals surface area contributed by atoms with E-state index in [0.717, 1.165) is 48.8 Å². The van der Waals surface area contributed by atoms with Crippen molar-refractivity contribution < 1.29 is 4.79 Å². The molecule has 1 saturated heterocycles. The predicted molar refractivity (Wildman–Crippen MR) is 106 cm³/mol. The number of hydrogen-bond donors (Lipinski definition) is 0. The summed E-state index contributed by atoms with van der Waals surface area (Å²) in [5, 5.41) is 10.1. The quantitative estimate of drug-likeness (QED) is 0.462. The van der Waals surface area contributed by atoms with Gasteiger partial charge in [0, 0.05) is 31.8 Å². The van der Waals surface area contributed by atoms with Gasteiger partial charge in [-0.3, -0.25) is 18.6 Å². The molecule has 1 aliphatic rings. The third-order valence-electron chi connectivity index (χ3n) is 4.90. The first-order chi connectivity index (χ1) is 13.2. The fourth-order valence-electron chi connectivity index (χ4n) is 3.61. The summed E-state index contributed by atoms with van der Waals surface area (Å²) in [4.78, 5) is 26.5. The van der Waals surface area contributed by atoms with E-state index in [1.54, 1.807) is 16.3 Å². The van der Waals surface area contributed by atoms with Crippen LogP contribution in [-0.4, -0.2) is 48.8 Å². The van der Waals surface area contributed by atoms with Crippen LogP contribution in [-0.2, 0) is 11.3 Å². The van der Waals surface area contributed by atoms with Gasteiger partial charge in [0.1, 0.15) is 0 Å². The molecular formula is C19H23N5O2S. The number of amides is 1.